The number of rotatable bonds is 3. The van der Waals surface area contributed by atoms with E-state index in [0.29, 0.717) is 5.69 Å². The molecule has 3 nitrogen and oxygen atoms in total. The minimum absolute atomic E-state index is 0.0443. The van der Waals surface area contributed by atoms with Crippen LogP contribution in [0.15, 0.2) is 42.5 Å². The molecular formula is C15H13FN2O. The zero-order valence-corrected chi connectivity index (χ0v) is 10.7. The molecule has 0 fully saturated rings. The normalized spacial score (nSPS) is 9.79. The van der Waals surface area contributed by atoms with Crippen LogP contribution in [0.4, 0.5) is 15.8 Å². The third kappa shape index (κ3) is 2.66. The van der Waals surface area contributed by atoms with Gasteiger partial charge in [-0.25, -0.2) is 4.39 Å². The maximum absolute atomic E-state index is 13.6. The maximum atomic E-state index is 13.6. The molecule has 0 saturated carbocycles. The predicted octanol–water partition coefficient (Wildman–Crippen LogP) is 3.47. The number of anilines is 2. The zero-order chi connectivity index (χ0) is 13.8. The fraction of sp³-hybridized carbons (Fsp3) is 0.133. The highest BCUT2D eigenvalue weighted by Crippen LogP contribution is 2.27. The predicted molar refractivity (Wildman–Crippen MR) is 72.2 cm³/mol. The van der Waals surface area contributed by atoms with Crippen molar-refractivity contribution in [2.24, 2.45) is 0 Å². The van der Waals surface area contributed by atoms with E-state index in [0.717, 1.165) is 11.4 Å². The first-order chi connectivity index (χ1) is 9.15. The van der Waals surface area contributed by atoms with Gasteiger partial charge in [-0.15, -0.1) is 0 Å². The summed E-state index contributed by atoms with van der Waals surface area (Å²) in [5.41, 5.74) is 1.59. The zero-order valence-electron chi connectivity index (χ0n) is 10.7. The van der Waals surface area contributed by atoms with Crippen LogP contribution in [0.2, 0.25) is 0 Å². The molecule has 0 spiro atoms. The fourth-order valence-corrected chi connectivity index (χ4v) is 1.77. The first kappa shape index (κ1) is 12.9. The molecule has 0 N–H and O–H groups in total. The van der Waals surface area contributed by atoms with Crippen LogP contribution in [0, 0.1) is 17.1 Å². The molecular weight excluding hydrogens is 243 g/mol. The molecule has 0 amide bonds. The van der Waals surface area contributed by atoms with Gasteiger partial charge in [0.05, 0.1) is 12.7 Å². The minimum Gasteiger partial charge on any atom is -0.497 e. The van der Waals surface area contributed by atoms with Crippen LogP contribution >= 0.6 is 0 Å². The standard InChI is InChI=1S/C15H13FN2O/c1-18(12-4-3-5-14(8-12)19-2)13-7-6-11(10-17)15(16)9-13/h3-9H,1-2H3. The summed E-state index contributed by atoms with van der Waals surface area (Å²) in [6, 6.07) is 13.8. The SMILES string of the molecule is COc1cccc(N(C)c2ccc(C#N)c(F)c2)c1. The van der Waals surface area contributed by atoms with Gasteiger partial charge in [-0.05, 0) is 30.3 Å². The Balaban J connectivity index is 2.35. The molecule has 0 aromatic heterocycles. The second-order valence-electron chi connectivity index (χ2n) is 4.04. The van der Waals surface area contributed by atoms with E-state index in [1.807, 2.05) is 36.2 Å². The van der Waals surface area contributed by atoms with Crippen molar-refractivity contribution in [1.29, 1.82) is 5.26 Å². The van der Waals surface area contributed by atoms with Crippen LogP contribution in [0.5, 0.6) is 5.75 Å². The summed E-state index contributed by atoms with van der Waals surface area (Å²) < 4.78 is 18.8. The molecule has 96 valence electrons. The monoisotopic (exact) mass is 256 g/mol. The molecule has 19 heavy (non-hydrogen) atoms. The fourth-order valence-electron chi connectivity index (χ4n) is 1.77. The molecule has 0 aliphatic heterocycles. The Morgan fingerprint density at radius 2 is 1.89 bits per heavy atom. The van der Waals surface area contributed by atoms with Gasteiger partial charge in [0.1, 0.15) is 17.6 Å². The Morgan fingerprint density at radius 1 is 1.16 bits per heavy atom. The molecule has 0 saturated heterocycles. The molecule has 0 unspecified atom stereocenters. The van der Waals surface area contributed by atoms with Gasteiger partial charge in [-0.2, -0.15) is 5.26 Å². The average molecular weight is 256 g/mol. The van der Waals surface area contributed by atoms with Crippen LogP contribution in [-0.4, -0.2) is 14.2 Å². The molecule has 0 heterocycles. The van der Waals surface area contributed by atoms with Crippen molar-refractivity contribution < 1.29 is 9.13 Å². The van der Waals surface area contributed by atoms with E-state index >= 15 is 0 Å². The number of nitrogens with zero attached hydrogens (tertiary/aromatic N) is 2. The minimum atomic E-state index is -0.519. The number of hydrogen-bond acceptors (Lipinski definition) is 3. The largest absolute Gasteiger partial charge is 0.497 e. The summed E-state index contributed by atoms with van der Waals surface area (Å²) in [5, 5.41) is 8.71. The highest BCUT2D eigenvalue weighted by atomic mass is 19.1. The maximum Gasteiger partial charge on any atom is 0.143 e. The summed E-state index contributed by atoms with van der Waals surface area (Å²) in [5.74, 6) is 0.216. The van der Waals surface area contributed by atoms with E-state index in [1.165, 1.54) is 12.1 Å². The van der Waals surface area contributed by atoms with Gasteiger partial charge >= 0.3 is 0 Å². The molecule has 0 radical (unpaired) electrons. The molecule has 2 aromatic carbocycles. The summed E-state index contributed by atoms with van der Waals surface area (Å²) in [4.78, 5) is 1.83. The number of ether oxygens (including phenoxy) is 1. The number of benzene rings is 2. The van der Waals surface area contributed by atoms with Gasteiger partial charge in [0.2, 0.25) is 0 Å². The third-order valence-electron chi connectivity index (χ3n) is 2.90. The van der Waals surface area contributed by atoms with Gasteiger partial charge in [0, 0.05) is 24.5 Å². The lowest BCUT2D eigenvalue weighted by Crippen LogP contribution is -2.09. The number of hydrogen-bond donors (Lipinski definition) is 0. The first-order valence-electron chi connectivity index (χ1n) is 5.73. The topological polar surface area (TPSA) is 36.3 Å². The second kappa shape index (κ2) is 5.40. The van der Waals surface area contributed by atoms with E-state index < -0.39 is 5.82 Å². The van der Waals surface area contributed by atoms with E-state index in [2.05, 4.69) is 0 Å². The number of methoxy groups -OCH3 is 1. The van der Waals surface area contributed by atoms with E-state index in [4.69, 9.17) is 10.00 Å². The van der Waals surface area contributed by atoms with Crippen molar-refractivity contribution in [2.75, 3.05) is 19.1 Å². The lowest BCUT2D eigenvalue weighted by molar-refractivity contribution is 0.415. The first-order valence-corrected chi connectivity index (χ1v) is 5.73. The van der Waals surface area contributed by atoms with E-state index in [1.54, 1.807) is 19.2 Å². The quantitative estimate of drug-likeness (QED) is 0.843. The van der Waals surface area contributed by atoms with Crippen LogP contribution in [0.1, 0.15) is 5.56 Å². The third-order valence-corrected chi connectivity index (χ3v) is 2.90. The van der Waals surface area contributed by atoms with Gasteiger partial charge in [-0.3, -0.25) is 0 Å². The molecule has 2 aromatic rings. The second-order valence-corrected chi connectivity index (χ2v) is 4.04. The summed E-state index contributed by atoms with van der Waals surface area (Å²) in [7, 11) is 3.43. The van der Waals surface area contributed by atoms with Gasteiger partial charge in [0.15, 0.2) is 0 Å². The van der Waals surface area contributed by atoms with Crippen molar-refractivity contribution in [3.8, 4) is 11.8 Å². The van der Waals surface area contributed by atoms with Crippen molar-refractivity contribution in [3.63, 3.8) is 0 Å². The molecule has 0 aliphatic rings. The summed E-state index contributed by atoms with van der Waals surface area (Å²) >= 11 is 0. The summed E-state index contributed by atoms with van der Waals surface area (Å²) in [6.07, 6.45) is 0. The van der Waals surface area contributed by atoms with Crippen molar-refractivity contribution in [2.45, 2.75) is 0 Å². The van der Waals surface area contributed by atoms with Crippen LogP contribution in [0.3, 0.4) is 0 Å². The molecule has 4 heteroatoms. The smallest absolute Gasteiger partial charge is 0.143 e. The highest BCUT2D eigenvalue weighted by molar-refractivity contribution is 5.64. The average Bonchev–Trinajstić information content (AvgIpc) is 2.46. The molecule has 0 aliphatic carbocycles. The molecule has 2 rings (SSSR count). The van der Waals surface area contributed by atoms with E-state index in [-0.39, 0.29) is 5.56 Å². The Kier molecular flexibility index (Phi) is 3.67. The van der Waals surface area contributed by atoms with Crippen molar-refractivity contribution in [1.82, 2.24) is 0 Å². The lowest BCUT2D eigenvalue weighted by atomic mass is 10.2. The van der Waals surface area contributed by atoms with Gasteiger partial charge < -0.3 is 9.64 Å². The van der Waals surface area contributed by atoms with Crippen LogP contribution in [-0.2, 0) is 0 Å². The molecule has 0 atom stereocenters. The van der Waals surface area contributed by atoms with Crippen LogP contribution in [0.25, 0.3) is 0 Å². The number of nitriles is 1. The molecule has 0 bridgehead atoms. The van der Waals surface area contributed by atoms with Crippen molar-refractivity contribution >= 4 is 11.4 Å². The summed E-state index contributed by atoms with van der Waals surface area (Å²) in [6.45, 7) is 0. The Bertz CT molecular complexity index is 634. The van der Waals surface area contributed by atoms with Gasteiger partial charge in [-0.1, -0.05) is 6.07 Å². The Hall–Kier alpha value is -2.54. The van der Waals surface area contributed by atoms with Crippen molar-refractivity contribution in [3.05, 3.63) is 53.8 Å². The Morgan fingerprint density at radius 3 is 2.53 bits per heavy atom. The van der Waals surface area contributed by atoms with Crippen LogP contribution < -0.4 is 9.64 Å². The Labute approximate surface area is 111 Å². The van der Waals surface area contributed by atoms with E-state index in [9.17, 15) is 4.39 Å². The number of halogens is 1. The lowest BCUT2D eigenvalue weighted by Gasteiger charge is -2.20. The van der Waals surface area contributed by atoms with Gasteiger partial charge in [0.25, 0.3) is 0 Å². The highest BCUT2D eigenvalue weighted by Gasteiger charge is 2.08.